The average molecular weight is 398 g/mol. The minimum Gasteiger partial charge on any atom is -0.497 e. The molecule has 0 radical (unpaired) electrons. The molecule has 0 aliphatic carbocycles. The number of hydrogen-bond acceptors (Lipinski definition) is 8. The van der Waals surface area contributed by atoms with Crippen LogP contribution in [0, 0.1) is 5.82 Å². The number of ether oxygens (including phenoxy) is 1. The first-order valence-corrected chi connectivity index (χ1v) is 9.24. The molecule has 0 N–H and O–H groups in total. The van der Waals surface area contributed by atoms with Gasteiger partial charge in [-0.1, -0.05) is 11.8 Å². The Kier molecular flexibility index (Phi) is 5.07. The van der Waals surface area contributed by atoms with Gasteiger partial charge in [-0.3, -0.25) is 0 Å². The van der Waals surface area contributed by atoms with Crippen molar-refractivity contribution in [1.29, 1.82) is 0 Å². The highest BCUT2D eigenvalue weighted by molar-refractivity contribution is 7.99. The van der Waals surface area contributed by atoms with E-state index in [2.05, 4.69) is 20.4 Å². The fourth-order valence-corrected chi connectivity index (χ4v) is 3.13. The first-order chi connectivity index (χ1) is 13.6. The van der Waals surface area contributed by atoms with E-state index in [9.17, 15) is 4.39 Å². The standard InChI is InChI=1S/C19H15FN4O3S/c1-11(16-21-22-17(26-16)13-5-9-15(25-2)10-6-13)28-19-24-23-18(27-19)12-3-7-14(20)8-4-12/h3-11H,1-2H3/t11-/m1/s1. The number of thioether (sulfide) groups is 1. The molecule has 2 aromatic carbocycles. The number of methoxy groups -OCH3 is 1. The summed E-state index contributed by atoms with van der Waals surface area (Å²) < 4.78 is 29.6. The van der Waals surface area contributed by atoms with Crippen molar-refractivity contribution in [3.8, 4) is 28.7 Å². The molecule has 0 aliphatic rings. The van der Waals surface area contributed by atoms with Crippen LogP contribution in [0.2, 0.25) is 0 Å². The Balaban J connectivity index is 1.46. The summed E-state index contributed by atoms with van der Waals surface area (Å²) in [6, 6.07) is 13.2. The second-order valence-electron chi connectivity index (χ2n) is 5.81. The molecule has 0 saturated heterocycles. The Labute approximate surface area is 164 Å². The van der Waals surface area contributed by atoms with Gasteiger partial charge < -0.3 is 13.6 Å². The molecule has 9 heteroatoms. The van der Waals surface area contributed by atoms with Crippen molar-refractivity contribution < 1.29 is 18.0 Å². The van der Waals surface area contributed by atoms with Gasteiger partial charge in [-0.05, 0) is 55.5 Å². The van der Waals surface area contributed by atoms with Crippen molar-refractivity contribution in [2.45, 2.75) is 17.4 Å². The summed E-state index contributed by atoms with van der Waals surface area (Å²) in [7, 11) is 1.61. The summed E-state index contributed by atoms with van der Waals surface area (Å²) in [6.07, 6.45) is 0. The van der Waals surface area contributed by atoms with Crippen LogP contribution >= 0.6 is 11.8 Å². The molecule has 1 atom stereocenters. The molecule has 0 aliphatic heterocycles. The lowest BCUT2D eigenvalue weighted by Gasteiger charge is -2.02. The van der Waals surface area contributed by atoms with Crippen molar-refractivity contribution in [2.75, 3.05) is 7.11 Å². The van der Waals surface area contributed by atoms with Crippen molar-refractivity contribution in [1.82, 2.24) is 20.4 Å². The Morgan fingerprint density at radius 3 is 2.14 bits per heavy atom. The fraction of sp³-hybridized carbons (Fsp3) is 0.158. The first kappa shape index (κ1) is 18.2. The highest BCUT2D eigenvalue weighted by Crippen LogP contribution is 2.35. The maximum atomic E-state index is 13.0. The van der Waals surface area contributed by atoms with Crippen LogP contribution in [0.15, 0.2) is 62.6 Å². The molecule has 2 aromatic heterocycles. The second-order valence-corrected chi connectivity index (χ2v) is 7.11. The van der Waals surface area contributed by atoms with Gasteiger partial charge >= 0.3 is 0 Å². The average Bonchev–Trinajstić information content (AvgIpc) is 3.39. The monoisotopic (exact) mass is 398 g/mol. The van der Waals surface area contributed by atoms with Gasteiger partial charge in [-0.25, -0.2) is 4.39 Å². The van der Waals surface area contributed by atoms with Crippen molar-refractivity contribution >= 4 is 11.8 Å². The van der Waals surface area contributed by atoms with E-state index in [1.807, 2.05) is 31.2 Å². The van der Waals surface area contributed by atoms with Gasteiger partial charge in [0, 0.05) is 11.1 Å². The topological polar surface area (TPSA) is 87.1 Å². The van der Waals surface area contributed by atoms with Crippen LogP contribution < -0.4 is 4.74 Å². The predicted molar refractivity (Wildman–Crippen MR) is 100 cm³/mol. The summed E-state index contributed by atoms with van der Waals surface area (Å²) in [5.74, 6) is 1.61. The van der Waals surface area contributed by atoms with E-state index in [-0.39, 0.29) is 11.1 Å². The van der Waals surface area contributed by atoms with Crippen LogP contribution in [-0.4, -0.2) is 27.5 Å². The largest absolute Gasteiger partial charge is 0.497 e. The Bertz CT molecular complexity index is 1060. The summed E-state index contributed by atoms with van der Waals surface area (Å²) in [5, 5.41) is 16.4. The quantitative estimate of drug-likeness (QED) is 0.429. The molecular weight excluding hydrogens is 383 g/mol. The van der Waals surface area contributed by atoms with Crippen LogP contribution in [0.4, 0.5) is 4.39 Å². The summed E-state index contributed by atoms with van der Waals surface area (Å²) in [5.41, 5.74) is 1.45. The molecule has 0 fully saturated rings. The third-order valence-electron chi connectivity index (χ3n) is 3.90. The van der Waals surface area contributed by atoms with Crippen molar-refractivity contribution in [3.63, 3.8) is 0 Å². The maximum absolute atomic E-state index is 13.0. The number of benzene rings is 2. The van der Waals surface area contributed by atoms with E-state index in [4.69, 9.17) is 13.6 Å². The minimum atomic E-state index is -0.324. The van der Waals surface area contributed by atoms with Gasteiger partial charge in [-0.15, -0.1) is 20.4 Å². The molecule has 2 heterocycles. The zero-order chi connectivity index (χ0) is 19.5. The number of hydrogen-bond donors (Lipinski definition) is 0. The van der Waals surface area contributed by atoms with E-state index in [0.717, 1.165) is 11.3 Å². The van der Waals surface area contributed by atoms with E-state index >= 15 is 0 Å². The van der Waals surface area contributed by atoms with E-state index in [1.165, 1.54) is 23.9 Å². The van der Waals surface area contributed by atoms with Gasteiger partial charge in [0.15, 0.2) is 0 Å². The SMILES string of the molecule is COc1ccc(-c2nnc([C@@H](C)Sc3nnc(-c4ccc(F)cc4)o3)o2)cc1. The van der Waals surface area contributed by atoms with Crippen molar-refractivity contribution in [2.24, 2.45) is 0 Å². The lowest BCUT2D eigenvalue weighted by atomic mass is 10.2. The summed E-state index contributed by atoms with van der Waals surface area (Å²) >= 11 is 1.30. The van der Waals surface area contributed by atoms with E-state index < -0.39 is 0 Å². The lowest BCUT2D eigenvalue weighted by molar-refractivity contribution is 0.415. The molecular formula is C19H15FN4O3S. The molecule has 142 valence electrons. The number of halogens is 1. The zero-order valence-corrected chi connectivity index (χ0v) is 15.8. The summed E-state index contributed by atoms with van der Waals surface area (Å²) in [6.45, 7) is 1.90. The fourth-order valence-electron chi connectivity index (χ4n) is 2.42. The Morgan fingerprint density at radius 2 is 1.46 bits per heavy atom. The van der Waals surface area contributed by atoms with Gasteiger partial charge in [0.25, 0.3) is 5.22 Å². The lowest BCUT2D eigenvalue weighted by Crippen LogP contribution is -1.88. The Hall–Kier alpha value is -3.20. The second kappa shape index (κ2) is 7.81. The van der Waals surface area contributed by atoms with Crippen LogP contribution in [0.1, 0.15) is 18.1 Å². The van der Waals surface area contributed by atoms with E-state index in [1.54, 1.807) is 19.2 Å². The van der Waals surface area contributed by atoms with Crippen molar-refractivity contribution in [3.05, 3.63) is 60.2 Å². The predicted octanol–water partition coefficient (Wildman–Crippen LogP) is 4.79. The molecule has 0 amide bonds. The highest BCUT2D eigenvalue weighted by Gasteiger charge is 2.20. The molecule has 28 heavy (non-hydrogen) atoms. The number of nitrogens with zero attached hydrogens (tertiary/aromatic N) is 4. The van der Waals surface area contributed by atoms with Crippen LogP contribution in [0.25, 0.3) is 22.9 Å². The summed E-state index contributed by atoms with van der Waals surface area (Å²) in [4.78, 5) is 0. The third kappa shape index (κ3) is 3.89. The van der Waals surface area contributed by atoms with Gasteiger partial charge in [0.2, 0.25) is 17.7 Å². The van der Waals surface area contributed by atoms with Gasteiger partial charge in [0.1, 0.15) is 11.6 Å². The highest BCUT2D eigenvalue weighted by atomic mass is 32.2. The molecule has 0 unspecified atom stereocenters. The number of aromatic nitrogens is 4. The first-order valence-electron chi connectivity index (χ1n) is 8.36. The number of rotatable bonds is 6. The molecule has 7 nitrogen and oxygen atoms in total. The molecule has 4 rings (SSSR count). The zero-order valence-electron chi connectivity index (χ0n) is 15.0. The van der Waals surface area contributed by atoms with Gasteiger partial charge in [-0.2, -0.15) is 0 Å². The Morgan fingerprint density at radius 1 is 0.857 bits per heavy atom. The molecule has 0 saturated carbocycles. The van der Waals surface area contributed by atoms with E-state index in [0.29, 0.717) is 28.5 Å². The molecule has 4 aromatic rings. The third-order valence-corrected chi connectivity index (χ3v) is 4.82. The molecule has 0 bridgehead atoms. The smallest absolute Gasteiger partial charge is 0.277 e. The normalized spacial score (nSPS) is 12.1. The van der Waals surface area contributed by atoms with Crippen LogP contribution in [0.3, 0.4) is 0 Å². The van der Waals surface area contributed by atoms with Gasteiger partial charge in [0.05, 0.1) is 12.4 Å². The minimum absolute atomic E-state index is 0.194. The van der Waals surface area contributed by atoms with Crippen LogP contribution in [0.5, 0.6) is 5.75 Å². The maximum Gasteiger partial charge on any atom is 0.277 e. The molecule has 0 spiro atoms. The van der Waals surface area contributed by atoms with Crippen LogP contribution in [-0.2, 0) is 0 Å².